The van der Waals surface area contributed by atoms with Gasteiger partial charge in [0.2, 0.25) is 5.91 Å². The summed E-state index contributed by atoms with van der Waals surface area (Å²) < 4.78 is 5.10. The Hall–Kier alpha value is -0.870. The Morgan fingerprint density at radius 3 is 2.62 bits per heavy atom. The molecule has 1 aromatic carbocycles. The molecule has 0 fully saturated rings. The lowest BCUT2D eigenvalue weighted by molar-refractivity contribution is -0.120. The van der Waals surface area contributed by atoms with Gasteiger partial charge in [-0.25, -0.2) is 0 Å². The van der Waals surface area contributed by atoms with E-state index in [0.29, 0.717) is 13.2 Å². The molecule has 3 nitrogen and oxygen atoms in total. The number of methoxy groups -OCH3 is 1. The molecule has 0 radical (unpaired) electrons. The highest BCUT2D eigenvalue weighted by molar-refractivity contribution is 9.10. The highest BCUT2D eigenvalue weighted by Crippen LogP contribution is 2.10. The molecule has 0 aliphatic carbocycles. The maximum absolute atomic E-state index is 11.4. The van der Waals surface area contributed by atoms with Crippen molar-refractivity contribution in [2.45, 2.75) is 24.9 Å². The predicted molar refractivity (Wildman–Crippen MR) is 67.4 cm³/mol. The van der Waals surface area contributed by atoms with Crippen LogP contribution >= 0.6 is 15.9 Å². The van der Waals surface area contributed by atoms with Gasteiger partial charge in [-0.15, -0.1) is 0 Å². The first-order valence-electron chi connectivity index (χ1n) is 5.12. The molecule has 0 saturated carbocycles. The van der Waals surface area contributed by atoms with Gasteiger partial charge in [0.15, 0.2) is 0 Å². The number of benzene rings is 1. The van der Waals surface area contributed by atoms with E-state index in [1.807, 2.05) is 24.3 Å². The number of ether oxygens (including phenoxy) is 1. The van der Waals surface area contributed by atoms with Crippen LogP contribution in [-0.4, -0.2) is 17.8 Å². The number of carbonyl (C=O) groups excluding carboxylic acids is 1. The summed E-state index contributed by atoms with van der Waals surface area (Å²) >= 11 is 3.23. The van der Waals surface area contributed by atoms with Crippen molar-refractivity contribution in [3.8, 4) is 0 Å². The molecule has 0 heterocycles. The molecule has 0 aromatic heterocycles. The summed E-state index contributed by atoms with van der Waals surface area (Å²) in [6.45, 7) is 2.90. The van der Waals surface area contributed by atoms with E-state index >= 15 is 0 Å². The monoisotopic (exact) mass is 285 g/mol. The van der Waals surface area contributed by atoms with Crippen LogP contribution < -0.4 is 5.32 Å². The van der Waals surface area contributed by atoms with E-state index in [2.05, 4.69) is 21.2 Å². The zero-order valence-electron chi connectivity index (χ0n) is 9.50. The van der Waals surface area contributed by atoms with Crippen molar-refractivity contribution in [3.63, 3.8) is 0 Å². The molecule has 1 N–H and O–H groups in total. The molecule has 16 heavy (non-hydrogen) atoms. The third-order valence-corrected chi connectivity index (χ3v) is 2.65. The molecule has 0 spiro atoms. The number of alkyl halides is 1. The van der Waals surface area contributed by atoms with Gasteiger partial charge in [-0.2, -0.15) is 0 Å². The van der Waals surface area contributed by atoms with E-state index in [0.717, 1.165) is 11.1 Å². The molecule has 0 aliphatic rings. The number of hydrogen-bond acceptors (Lipinski definition) is 2. The van der Waals surface area contributed by atoms with Crippen LogP contribution in [0.15, 0.2) is 24.3 Å². The summed E-state index contributed by atoms with van der Waals surface area (Å²) in [6.07, 6.45) is 0. The number of amides is 1. The summed E-state index contributed by atoms with van der Waals surface area (Å²) in [6, 6.07) is 7.92. The van der Waals surface area contributed by atoms with Gasteiger partial charge in [-0.3, -0.25) is 4.79 Å². The Kier molecular flexibility index (Phi) is 5.49. The molecule has 1 atom stereocenters. The molecule has 1 unspecified atom stereocenters. The average molecular weight is 286 g/mol. The minimum Gasteiger partial charge on any atom is -0.380 e. The Bertz CT molecular complexity index is 353. The van der Waals surface area contributed by atoms with Gasteiger partial charge in [0.1, 0.15) is 0 Å². The fourth-order valence-electron chi connectivity index (χ4n) is 1.35. The lowest BCUT2D eigenvalue weighted by Crippen LogP contribution is -2.29. The standard InChI is InChI=1S/C12H16BrNO2/c1-9(13)12(15)14-7-10-5-3-4-6-11(10)8-16-2/h3-6,9H,7-8H2,1-2H3,(H,14,15). The smallest absolute Gasteiger partial charge is 0.233 e. The summed E-state index contributed by atoms with van der Waals surface area (Å²) in [4.78, 5) is 11.2. The molecule has 88 valence electrons. The summed E-state index contributed by atoms with van der Waals surface area (Å²) in [7, 11) is 1.66. The minimum absolute atomic E-state index is 0.00720. The molecule has 0 bridgehead atoms. The lowest BCUT2D eigenvalue weighted by atomic mass is 10.1. The number of rotatable bonds is 5. The van der Waals surface area contributed by atoms with E-state index in [1.54, 1.807) is 14.0 Å². The number of hydrogen-bond donors (Lipinski definition) is 1. The third-order valence-electron chi connectivity index (χ3n) is 2.23. The van der Waals surface area contributed by atoms with Gasteiger partial charge >= 0.3 is 0 Å². The topological polar surface area (TPSA) is 38.3 Å². The lowest BCUT2D eigenvalue weighted by Gasteiger charge is -2.10. The Labute approximate surface area is 104 Å². The van der Waals surface area contributed by atoms with Gasteiger partial charge < -0.3 is 10.1 Å². The average Bonchev–Trinajstić information content (AvgIpc) is 2.27. The molecule has 1 aromatic rings. The van der Waals surface area contributed by atoms with Crippen molar-refractivity contribution in [2.75, 3.05) is 7.11 Å². The first-order chi connectivity index (χ1) is 7.65. The van der Waals surface area contributed by atoms with Crippen LogP contribution in [-0.2, 0) is 22.7 Å². The normalized spacial score (nSPS) is 12.2. The third kappa shape index (κ3) is 3.94. The van der Waals surface area contributed by atoms with Crippen molar-refractivity contribution in [3.05, 3.63) is 35.4 Å². The zero-order valence-corrected chi connectivity index (χ0v) is 11.1. The fraction of sp³-hybridized carbons (Fsp3) is 0.417. The summed E-state index contributed by atoms with van der Waals surface area (Å²) in [5.41, 5.74) is 2.19. The van der Waals surface area contributed by atoms with E-state index in [4.69, 9.17) is 4.74 Å². The minimum atomic E-state index is -0.165. The number of carbonyl (C=O) groups is 1. The van der Waals surface area contributed by atoms with Crippen LogP contribution in [0, 0.1) is 0 Å². The second kappa shape index (κ2) is 6.66. The maximum atomic E-state index is 11.4. The van der Waals surface area contributed by atoms with Crippen LogP contribution in [0.2, 0.25) is 0 Å². The fourth-order valence-corrected chi connectivity index (χ4v) is 1.51. The molecule has 0 aliphatic heterocycles. The first kappa shape index (κ1) is 13.2. The van der Waals surface area contributed by atoms with E-state index in [1.165, 1.54) is 0 Å². The van der Waals surface area contributed by atoms with Crippen LogP contribution in [0.5, 0.6) is 0 Å². The van der Waals surface area contributed by atoms with Crippen LogP contribution in [0.3, 0.4) is 0 Å². The van der Waals surface area contributed by atoms with Crippen LogP contribution in [0.4, 0.5) is 0 Å². The van der Waals surface area contributed by atoms with Crippen LogP contribution in [0.25, 0.3) is 0 Å². The van der Waals surface area contributed by atoms with Crippen molar-refractivity contribution in [2.24, 2.45) is 0 Å². The van der Waals surface area contributed by atoms with Gasteiger partial charge in [0.05, 0.1) is 11.4 Å². The first-order valence-corrected chi connectivity index (χ1v) is 6.04. The Morgan fingerprint density at radius 1 is 1.44 bits per heavy atom. The quantitative estimate of drug-likeness (QED) is 0.843. The Morgan fingerprint density at radius 2 is 2.06 bits per heavy atom. The maximum Gasteiger partial charge on any atom is 0.233 e. The van der Waals surface area contributed by atoms with E-state index in [-0.39, 0.29) is 10.7 Å². The van der Waals surface area contributed by atoms with Crippen molar-refractivity contribution in [1.82, 2.24) is 5.32 Å². The summed E-state index contributed by atoms with van der Waals surface area (Å²) in [5.74, 6) is -0.00720. The molecule has 4 heteroatoms. The molecule has 1 rings (SSSR count). The predicted octanol–water partition coefficient (Wildman–Crippen LogP) is 2.23. The zero-order chi connectivity index (χ0) is 12.0. The highest BCUT2D eigenvalue weighted by atomic mass is 79.9. The summed E-state index contributed by atoms with van der Waals surface area (Å²) in [5, 5.41) is 2.86. The second-order valence-corrected chi connectivity index (χ2v) is 4.91. The van der Waals surface area contributed by atoms with Crippen molar-refractivity contribution >= 4 is 21.8 Å². The van der Waals surface area contributed by atoms with Gasteiger partial charge in [-0.05, 0) is 18.1 Å². The molecular weight excluding hydrogens is 270 g/mol. The molecule has 0 saturated heterocycles. The number of nitrogens with one attached hydrogen (secondary N) is 1. The van der Waals surface area contributed by atoms with Crippen molar-refractivity contribution < 1.29 is 9.53 Å². The van der Waals surface area contributed by atoms with Gasteiger partial charge in [-0.1, -0.05) is 40.2 Å². The van der Waals surface area contributed by atoms with Crippen molar-refractivity contribution in [1.29, 1.82) is 0 Å². The van der Waals surface area contributed by atoms with Crippen LogP contribution in [0.1, 0.15) is 18.1 Å². The van der Waals surface area contributed by atoms with E-state index < -0.39 is 0 Å². The van der Waals surface area contributed by atoms with Gasteiger partial charge in [0.25, 0.3) is 0 Å². The Balaban J connectivity index is 2.62. The van der Waals surface area contributed by atoms with Gasteiger partial charge in [0, 0.05) is 13.7 Å². The molecular formula is C12H16BrNO2. The largest absolute Gasteiger partial charge is 0.380 e. The van der Waals surface area contributed by atoms with E-state index in [9.17, 15) is 4.79 Å². The number of halogens is 1. The second-order valence-electron chi connectivity index (χ2n) is 3.54. The SMILES string of the molecule is COCc1ccccc1CNC(=O)C(C)Br. The molecule has 1 amide bonds. The highest BCUT2D eigenvalue weighted by Gasteiger charge is 2.08.